The van der Waals surface area contributed by atoms with Gasteiger partial charge in [0, 0.05) is 11.8 Å². The Morgan fingerprint density at radius 3 is 2.08 bits per heavy atom. The van der Waals surface area contributed by atoms with Crippen LogP contribution in [0, 0.1) is 0 Å². The lowest BCUT2D eigenvalue weighted by atomic mass is 10.2. The lowest BCUT2D eigenvalue weighted by Crippen LogP contribution is -2.02. The van der Waals surface area contributed by atoms with Crippen LogP contribution in [0.1, 0.15) is 47.5 Å². The molecule has 0 aromatic carbocycles. The molecule has 0 radical (unpaired) electrons. The van der Waals surface area contributed by atoms with E-state index in [2.05, 4.69) is 4.99 Å². The Hall–Kier alpha value is -0.860. The van der Waals surface area contributed by atoms with Crippen LogP contribution in [0.5, 0.6) is 0 Å². The van der Waals surface area contributed by atoms with E-state index >= 15 is 0 Å². The number of rotatable bonds is 4. The molecule has 0 heterocycles. The van der Waals surface area contributed by atoms with Gasteiger partial charge in [0.2, 0.25) is 0 Å². The lowest BCUT2D eigenvalue weighted by Gasteiger charge is -2.00. The average molecular weight is 187 g/mol. The third kappa shape index (κ3) is 14.0. The normalized spacial score (nSPS) is 10.8. The first-order valence-electron chi connectivity index (χ1n) is 4.77. The summed E-state index contributed by atoms with van der Waals surface area (Å²) < 4.78 is 0. The number of hydrogen-bond donors (Lipinski definition) is 1. The van der Waals surface area contributed by atoms with E-state index in [4.69, 9.17) is 5.11 Å². The van der Waals surface area contributed by atoms with Gasteiger partial charge in [-0.1, -0.05) is 13.8 Å². The van der Waals surface area contributed by atoms with Crippen LogP contribution in [-0.2, 0) is 4.79 Å². The van der Waals surface area contributed by atoms with Crippen LogP contribution in [0.25, 0.3) is 0 Å². The molecule has 78 valence electrons. The molecule has 0 saturated carbocycles. The molecular weight excluding hydrogens is 166 g/mol. The van der Waals surface area contributed by atoms with Crippen LogP contribution in [-0.4, -0.2) is 22.8 Å². The topological polar surface area (TPSA) is 49.7 Å². The molecule has 0 aliphatic heterocycles. The van der Waals surface area contributed by atoms with E-state index in [-0.39, 0.29) is 12.5 Å². The van der Waals surface area contributed by atoms with Gasteiger partial charge in [0.15, 0.2) is 0 Å². The van der Waals surface area contributed by atoms with Crippen molar-refractivity contribution >= 4 is 11.7 Å². The van der Waals surface area contributed by atoms with Gasteiger partial charge in [-0.25, -0.2) is 0 Å². The molecule has 0 rings (SSSR count). The summed E-state index contributed by atoms with van der Waals surface area (Å²) in [4.78, 5) is 14.3. The largest absolute Gasteiger partial charge is 0.481 e. The van der Waals surface area contributed by atoms with Gasteiger partial charge in [-0.3, -0.25) is 9.79 Å². The Morgan fingerprint density at radius 1 is 1.31 bits per heavy atom. The molecule has 0 unspecified atom stereocenters. The minimum absolute atomic E-state index is 0.183. The summed E-state index contributed by atoms with van der Waals surface area (Å²) in [6.45, 7) is 9.82. The standard InChI is InChI=1S/C8H15NO2.C2H6/c1-6(2)9-7(3)4-5-8(10)11;1-2/h6H,4-5H2,1-3H3,(H,10,11);1-2H3. The molecule has 0 aliphatic carbocycles. The maximum atomic E-state index is 10.1. The minimum atomic E-state index is -0.761. The summed E-state index contributed by atoms with van der Waals surface area (Å²) in [6, 6.07) is 0.267. The van der Waals surface area contributed by atoms with Crippen LogP contribution in [0.2, 0.25) is 0 Å². The molecule has 3 heteroatoms. The first-order valence-corrected chi connectivity index (χ1v) is 4.77. The molecule has 0 bridgehead atoms. The summed E-state index contributed by atoms with van der Waals surface area (Å²) in [5.74, 6) is -0.761. The minimum Gasteiger partial charge on any atom is -0.481 e. The quantitative estimate of drug-likeness (QED) is 0.688. The third-order valence-corrected chi connectivity index (χ3v) is 1.18. The molecule has 0 fully saturated rings. The monoisotopic (exact) mass is 187 g/mol. The molecule has 0 aliphatic rings. The van der Waals surface area contributed by atoms with Crippen LogP contribution in [0.3, 0.4) is 0 Å². The second-order valence-electron chi connectivity index (χ2n) is 2.85. The first-order chi connectivity index (χ1) is 6.02. The fourth-order valence-electron chi connectivity index (χ4n) is 0.793. The highest BCUT2D eigenvalue weighted by molar-refractivity contribution is 5.85. The number of carboxylic acid groups (broad SMARTS) is 1. The summed E-state index contributed by atoms with van der Waals surface area (Å²) >= 11 is 0. The highest BCUT2D eigenvalue weighted by Crippen LogP contribution is 1.96. The van der Waals surface area contributed by atoms with Gasteiger partial charge in [-0.05, 0) is 27.2 Å². The van der Waals surface area contributed by atoms with Crippen molar-refractivity contribution in [3.63, 3.8) is 0 Å². The highest BCUT2D eigenvalue weighted by atomic mass is 16.4. The number of aliphatic carboxylic acids is 1. The van der Waals surface area contributed by atoms with Crippen molar-refractivity contribution in [2.24, 2.45) is 4.99 Å². The van der Waals surface area contributed by atoms with Gasteiger partial charge in [-0.15, -0.1) is 0 Å². The SMILES string of the molecule is CC.CC(CCC(=O)O)=NC(C)C. The van der Waals surface area contributed by atoms with Crippen molar-refractivity contribution in [3.8, 4) is 0 Å². The molecule has 0 aromatic rings. The van der Waals surface area contributed by atoms with Crippen molar-refractivity contribution in [2.45, 2.75) is 53.5 Å². The summed E-state index contributed by atoms with van der Waals surface area (Å²) in [7, 11) is 0. The molecule has 0 amide bonds. The maximum Gasteiger partial charge on any atom is 0.303 e. The lowest BCUT2D eigenvalue weighted by molar-refractivity contribution is -0.136. The average Bonchev–Trinajstić information content (AvgIpc) is 2.03. The molecule has 0 spiro atoms. The van der Waals surface area contributed by atoms with Crippen LogP contribution >= 0.6 is 0 Å². The Morgan fingerprint density at radius 2 is 1.77 bits per heavy atom. The molecular formula is C10H21NO2. The summed E-state index contributed by atoms with van der Waals surface area (Å²) in [5.41, 5.74) is 0.919. The third-order valence-electron chi connectivity index (χ3n) is 1.18. The van der Waals surface area contributed by atoms with E-state index in [1.165, 1.54) is 0 Å². The molecule has 0 saturated heterocycles. The second-order valence-corrected chi connectivity index (χ2v) is 2.85. The predicted octanol–water partition coefficient (Wildman–Crippen LogP) is 2.75. The Kier molecular flexibility index (Phi) is 10.4. The predicted molar refractivity (Wildman–Crippen MR) is 56.5 cm³/mol. The van der Waals surface area contributed by atoms with Crippen molar-refractivity contribution in [1.82, 2.24) is 0 Å². The van der Waals surface area contributed by atoms with Gasteiger partial charge in [0.25, 0.3) is 0 Å². The van der Waals surface area contributed by atoms with E-state index in [1.807, 2.05) is 34.6 Å². The Labute approximate surface area is 80.9 Å². The zero-order valence-corrected chi connectivity index (χ0v) is 9.29. The van der Waals surface area contributed by atoms with Gasteiger partial charge < -0.3 is 5.11 Å². The highest BCUT2D eigenvalue weighted by Gasteiger charge is 1.98. The first kappa shape index (κ1) is 14.7. The van der Waals surface area contributed by atoms with Crippen molar-refractivity contribution < 1.29 is 9.90 Å². The van der Waals surface area contributed by atoms with E-state index in [0.29, 0.717) is 6.42 Å². The molecule has 0 aromatic heterocycles. The van der Waals surface area contributed by atoms with Crippen molar-refractivity contribution in [1.29, 1.82) is 0 Å². The Balaban J connectivity index is 0. The van der Waals surface area contributed by atoms with Gasteiger partial charge in [-0.2, -0.15) is 0 Å². The Bertz CT molecular complexity index is 162. The van der Waals surface area contributed by atoms with Crippen LogP contribution in [0.4, 0.5) is 0 Å². The van der Waals surface area contributed by atoms with E-state index in [1.54, 1.807) is 0 Å². The fourth-order valence-corrected chi connectivity index (χ4v) is 0.793. The van der Waals surface area contributed by atoms with Gasteiger partial charge >= 0.3 is 5.97 Å². The van der Waals surface area contributed by atoms with Crippen molar-refractivity contribution in [3.05, 3.63) is 0 Å². The number of aliphatic imine (C=N–C) groups is 1. The molecule has 1 N–H and O–H groups in total. The number of nitrogens with zero attached hydrogens (tertiary/aromatic N) is 1. The van der Waals surface area contributed by atoms with Crippen molar-refractivity contribution in [2.75, 3.05) is 0 Å². The fraction of sp³-hybridized carbons (Fsp3) is 0.800. The summed E-state index contributed by atoms with van der Waals surface area (Å²) in [5, 5.41) is 8.34. The molecule has 13 heavy (non-hydrogen) atoms. The van der Waals surface area contributed by atoms with Gasteiger partial charge in [0.1, 0.15) is 0 Å². The second kappa shape index (κ2) is 9.23. The van der Waals surface area contributed by atoms with E-state index in [9.17, 15) is 4.79 Å². The smallest absolute Gasteiger partial charge is 0.303 e. The van der Waals surface area contributed by atoms with Gasteiger partial charge in [0.05, 0.1) is 6.42 Å². The summed E-state index contributed by atoms with van der Waals surface area (Å²) in [6.07, 6.45) is 0.746. The van der Waals surface area contributed by atoms with Crippen LogP contribution in [0.15, 0.2) is 4.99 Å². The maximum absolute atomic E-state index is 10.1. The number of carbonyl (C=O) groups is 1. The van der Waals surface area contributed by atoms with E-state index in [0.717, 1.165) is 5.71 Å². The number of hydrogen-bond acceptors (Lipinski definition) is 2. The zero-order chi connectivity index (χ0) is 10.9. The zero-order valence-electron chi connectivity index (χ0n) is 9.29. The number of carboxylic acids is 1. The van der Waals surface area contributed by atoms with E-state index < -0.39 is 5.97 Å². The van der Waals surface area contributed by atoms with Crippen LogP contribution < -0.4 is 0 Å². The molecule has 0 atom stereocenters. The molecule has 3 nitrogen and oxygen atoms in total.